The Bertz CT molecular complexity index is 599. The summed E-state index contributed by atoms with van der Waals surface area (Å²) < 4.78 is 11.7. The van der Waals surface area contributed by atoms with Gasteiger partial charge in [-0.3, -0.25) is 0 Å². The number of anilines is 1. The number of hydrogen-bond acceptors (Lipinski definition) is 3. The van der Waals surface area contributed by atoms with Crippen molar-refractivity contribution in [3.05, 3.63) is 52.0 Å². The lowest BCUT2D eigenvalue weighted by molar-refractivity contribution is 0.354. The normalized spacial score (nSPS) is 10.2. The van der Waals surface area contributed by atoms with E-state index in [-0.39, 0.29) is 0 Å². The molecular formula is C16H18BrNO2. The van der Waals surface area contributed by atoms with Crippen LogP contribution in [0.1, 0.15) is 11.1 Å². The van der Waals surface area contributed by atoms with Gasteiger partial charge in [0.25, 0.3) is 0 Å². The van der Waals surface area contributed by atoms with Gasteiger partial charge in [0.15, 0.2) is 11.5 Å². The van der Waals surface area contributed by atoms with Crippen molar-refractivity contribution in [2.45, 2.75) is 13.5 Å². The first kappa shape index (κ1) is 14.7. The highest BCUT2D eigenvalue weighted by molar-refractivity contribution is 9.10. The first-order valence-electron chi connectivity index (χ1n) is 6.35. The van der Waals surface area contributed by atoms with E-state index in [9.17, 15) is 0 Å². The SMILES string of the molecule is COc1ccc(CNc2ccc(Br)c(C)c2)cc1OC. The lowest BCUT2D eigenvalue weighted by atomic mass is 10.2. The van der Waals surface area contributed by atoms with E-state index in [1.807, 2.05) is 24.3 Å². The van der Waals surface area contributed by atoms with Gasteiger partial charge in [-0.05, 0) is 48.4 Å². The van der Waals surface area contributed by atoms with Crippen molar-refractivity contribution in [1.82, 2.24) is 0 Å². The van der Waals surface area contributed by atoms with Crippen LogP contribution in [-0.4, -0.2) is 14.2 Å². The summed E-state index contributed by atoms with van der Waals surface area (Å²) in [4.78, 5) is 0. The zero-order valence-corrected chi connectivity index (χ0v) is 13.5. The predicted molar refractivity (Wildman–Crippen MR) is 85.8 cm³/mol. The molecule has 0 spiro atoms. The molecule has 2 aromatic rings. The summed E-state index contributed by atoms with van der Waals surface area (Å²) in [6.45, 7) is 2.81. The minimum Gasteiger partial charge on any atom is -0.493 e. The van der Waals surface area contributed by atoms with Gasteiger partial charge >= 0.3 is 0 Å². The molecule has 20 heavy (non-hydrogen) atoms. The molecule has 0 bridgehead atoms. The third kappa shape index (κ3) is 3.45. The molecule has 0 aliphatic rings. The second-order valence-corrected chi connectivity index (χ2v) is 5.36. The molecule has 0 atom stereocenters. The number of benzene rings is 2. The molecule has 0 saturated heterocycles. The van der Waals surface area contributed by atoms with E-state index in [1.54, 1.807) is 14.2 Å². The van der Waals surface area contributed by atoms with Crippen LogP contribution >= 0.6 is 15.9 Å². The van der Waals surface area contributed by atoms with Gasteiger partial charge in [0.2, 0.25) is 0 Å². The van der Waals surface area contributed by atoms with E-state index >= 15 is 0 Å². The fraction of sp³-hybridized carbons (Fsp3) is 0.250. The highest BCUT2D eigenvalue weighted by Gasteiger charge is 2.04. The molecule has 106 valence electrons. The van der Waals surface area contributed by atoms with Crippen LogP contribution in [0.25, 0.3) is 0 Å². The monoisotopic (exact) mass is 335 g/mol. The number of aryl methyl sites for hydroxylation is 1. The van der Waals surface area contributed by atoms with Crippen LogP contribution < -0.4 is 14.8 Å². The predicted octanol–water partition coefficient (Wildman–Crippen LogP) is 4.39. The Hall–Kier alpha value is -1.68. The van der Waals surface area contributed by atoms with Crippen molar-refractivity contribution >= 4 is 21.6 Å². The van der Waals surface area contributed by atoms with Crippen LogP contribution in [0, 0.1) is 6.92 Å². The van der Waals surface area contributed by atoms with E-state index in [2.05, 4.69) is 40.3 Å². The number of methoxy groups -OCH3 is 2. The minimum absolute atomic E-state index is 0.738. The number of ether oxygens (including phenoxy) is 2. The van der Waals surface area contributed by atoms with Crippen LogP contribution in [0.3, 0.4) is 0 Å². The van der Waals surface area contributed by atoms with Gasteiger partial charge in [-0.1, -0.05) is 22.0 Å². The summed E-state index contributed by atoms with van der Waals surface area (Å²) in [6.07, 6.45) is 0. The maximum atomic E-state index is 5.30. The molecule has 0 fully saturated rings. The van der Waals surface area contributed by atoms with E-state index in [1.165, 1.54) is 5.56 Å². The molecule has 2 rings (SSSR count). The molecule has 0 saturated carbocycles. The summed E-state index contributed by atoms with van der Waals surface area (Å²) >= 11 is 3.50. The molecule has 4 heteroatoms. The zero-order valence-electron chi connectivity index (χ0n) is 11.9. The minimum atomic E-state index is 0.738. The summed E-state index contributed by atoms with van der Waals surface area (Å²) in [7, 11) is 3.29. The van der Waals surface area contributed by atoms with Crippen molar-refractivity contribution < 1.29 is 9.47 Å². The maximum Gasteiger partial charge on any atom is 0.161 e. The molecule has 0 unspecified atom stereocenters. The second kappa shape index (κ2) is 6.66. The van der Waals surface area contributed by atoms with Crippen LogP contribution in [0.5, 0.6) is 11.5 Å². The van der Waals surface area contributed by atoms with Gasteiger partial charge in [-0.25, -0.2) is 0 Å². The van der Waals surface area contributed by atoms with Crippen LogP contribution in [0.2, 0.25) is 0 Å². The van der Waals surface area contributed by atoms with E-state index < -0.39 is 0 Å². The highest BCUT2D eigenvalue weighted by Crippen LogP contribution is 2.28. The zero-order chi connectivity index (χ0) is 14.5. The average Bonchev–Trinajstić information content (AvgIpc) is 2.48. The van der Waals surface area contributed by atoms with Gasteiger partial charge in [-0.15, -0.1) is 0 Å². The average molecular weight is 336 g/mol. The lowest BCUT2D eigenvalue weighted by Gasteiger charge is -2.11. The number of hydrogen-bond donors (Lipinski definition) is 1. The topological polar surface area (TPSA) is 30.5 Å². The Morgan fingerprint density at radius 2 is 1.75 bits per heavy atom. The lowest BCUT2D eigenvalue weighted by Crippen LogP contribution is -2.00. The first-order valence-corrected chi connectivity index (χ1v) is 7.14. The Labute approximate surface area is 128 Å². The standard InChI is InChI=1S/C16H18BrNO2/c1-11-8-13(5-6-14(11)17)18-10-12-4-7-15(19-2)16(9-12)20-3/h4-9,18H,10H2,1-3H3. The third-order valence-electron chi connectivity index (χ3n) is 3.10. The van der Waals surface area contributed by atoms with Crippen LogP contribution in [0.15, 0.2) is 40.9 Å². The highest BCUT2D eigenvalue weighted by atomic mass is 79.9. The fourth-order valence-corrected chi connectivity index (χ4v) is 2.20. The summed E-state index contributed by atoms with van der Waals surface area (Å²) in [5, 5.41) is 3.40. The van der Waals surface area contributed by atoms with Crippen molar-refractivity contribution in [2.24, 2.45) is 0 Å². The van der Waals surface area contributed by atoms with Gasteiger partial charge < -0.3 is 14.8 Å². The first-order chi connectivity index (χ1) is 9.63. The molecule has 0 aliphatic carbocycles. The molecule has 2 aromatic carbocycles. The molecule has 0 heterocycles. The van der Waals surface area contributed by atoms with E-state index in [0.717, 1.165) is 33.8 Å². The Kier molecular flexibility index (Phi) is 4.90. The molecule has 3 nitrogen and oxygen atoms in total. The van der Waals surface area contributed by atoms with Crippen molar-refractivity contribution in [3.8, 4) is 11.5 Å². The molecule has 1 N–H and O–H groups in total. The summed E-state index contributed by atoms with van der Waals surface area (Å²) in [5.74, 6) is 1.49. The van der Waals surface area contributed by atoms with Crippen molar-refractivity contribution in [2.75, 3.05) is 19.5 Å². The largest absolute Gasteiger partial charge is 0.493 e. The number of rotatable bonds is 5. The van der Waals surface area contributed by atoms with Gasteiger partial charge in [0.05, 0.1) is 14.2 Å². The molecular weight excluding hydrogens is 318 g/mol. The Morgan fingerprint density at radius 3 is 2.40 bits per heavy atom. The van der Waals surface area contributed by atoms with Gasteiger partial charge in [-0.2, -0.15) is 0 Å². The molecule has 0 radical (unpaired) electrons. The van der Waals surface area contributed by atoms with Crippen LogP contribution in [0.4, 0.5) is 5.69 Å². The van der Waals surface area contributed by atoms with E-state index in [4.69, 9.17) is 9.47 Å². The Balaban J connectivity index is 2.08. The summed E-state index contributed by atoms with van der Waals surface area (Å²) in [5.41, 5.74) is 3.45. The van der Waals surface area contributed by atoms with Gasteiger partial charge in [0.1, 0.15) is 0 Å². The third-order valence-corrected chi connectivity index (χ3v) is 3.99. The molecule has 0 amide bonds. The fourth-order valence-electron chi connectivity index (χ4n) is 1.95. The number of nitrogens with one attached hydrogen (secondary N) is 1. The van der Waals surface area contributed by atoms with E-state index in [0.29, 0.717) is 0 Å². The Morgan fingerprint density at radius 1 is 1.00 bits per heavy atom. The smallest absolute Gasteiger partial charge is 0.161 e. The van der Waals surface area contributed by atoms with Crippen LogP contribution in [-0.2, 0) is 6.54 Å². The maximum absolute atomic E-state index is 5.30. The summed E-state index contributed by atoms with van der Waals surface area (Å²) in [6, 6.07) is 12.1. The van der Waals surface area contributed by atoms with Crippen molar-refractivity contribution in [3.63, 3.8) is 0 Å². The second-order valence-electron chi connectivity index (χ2n) is 4.51. The molecule has 0 aliphatic heterocycles. The van der Waals surface area contributed by atoms with Gasteiger partial charge in [0, 0.05) is 16.7 Å². The van der Waals surface area contributed by atoms with Crippen molar-refractivity contribution in [1.29, 1.82) is 0 Å². The number of halogens is 1. The molecule has 0 aromatic heterocycles. The quantitative estimate of drug-likeness (QED) is 0.879.